The highest BCUT2D eigenvalue weighted by Crippen LogP contribution is 2.30. The van der Waals surface area contributed by atoms with Crippen LogP contribution in [0.3, 0.4) is 0 Å². The highest BCUT2D eigenvalue weighted by atomic mass is 16.3. The minimum Gasteiger partial charge on any atom is -0.387 e. The van der Waals surface area contributed by atoms with Crippen LogP contribution in [-0.4, -0.2) is 60.2 Å². The highest BCUT2D eigenvalue weighted by molar-refractivity contribution is 5.97. The number of para-hydroxylation sites is 1. The fraction of sp³-hybridized carbons (Fsp3) is 0.429. The summed E-state index contributed by atoms with van der Waals surface area (Å²) in [4.78, 5) is 22.0. The molecule has 2 aromatic rings. The molecule has 1 unspecified atom stereocenters. The zero-order valence-electron chi connectivity index (χ0n) is 20.8. The standard InChI is InChI=1S/C28H37N5O2/c1-3-13-32(14-4-2)28(35)22-16-20-10-11-21(17-25(20)31-26(29)18-22)27(34)30-23-12-15-33(19-23)24-8-6-5-7-9-24/h5-11,16-17,23,28,35H,3-4,12-15,18-19H2,1-2H3,(H2,29,31)(H,30,34)/t23-,28?/m0/s1. The van der Waals surface area contributed by atoms with Crippen molar-refractivity contribution in [1.82, 2.24) is 10.2 Å². The second-order valence-electron chi connectivity index (χ2n) is 9.42. The third-order valence-electron chi connectivity index (χ3n) is 6.63. The molecule has 0 saturated carbocycles. The lowest BCUT2D eigenvalue weighted by molar-refractivity contribution is 0.0323. The van der Waals surface area contributed by atoms with Crippen molar-refractivity contribution < 1.29 is 9.90 Å². The van der Waals surface area contributed by atoms with Crippen molar-refractivity contribution in [2.45, 2.75) is 51.8 Å². The van der Waals surface area contributed by atoms with E-state index in [1.165, 1.54) is 5.69 Å². The fourth-order valence-electron chi connectivity index (χ4n) is 4.91. The van der Waals surface area contributed by atoms with Crippen LogP contribution in [0, 0.1) is 0 Å². The van der Waals surface area contributed by atoms with Gasteiger partial charge in [-0.3, -0.25) is 9.69 Å². The van der Waals surface area contributed by atoms with Crippen LogP contribution in [0.2, 0.25) is 0 Å². The molecule has 1 amide bonds. The molecule has 7 heteroatoms. The second-order valence-corrected chi connectivity index (χ2v) is 9.42. The van der Waals surface area contributed by atoms with Gasteiger partial charge < -0.3 is 21.1 Å². The third-order valence-corrected chi connectivity index (χ3v) is 6.63. The predicted octanol–water partition coefficient (Wildman–Crippen LogP) is 3.91. The lowest BCUT2D eigenvalue weighted by Crippen LogP contribution is -2.38. The molecular weight excluding hydrogens is 438 g/mol. The smallest absolute Gasteiger partial charge is 0.251 e. The molecule has 2 aliphatic rings. The molecule has 1 saturated heterocycles. The van der Waals surface area contributed by atoms with Crippen molar-refractivity contribution in [2.75, 3.05) is 31.1 Å². The molecule has 2 aromatic carbocycles. The number of aliphatic hydroxyl groups is 1. The second kappa shape index (κ2) is 11.5. The van der Waals surface area contributed by atoms with Crippen LogP contribution in [0.1, 0.15) is 55.5 Å². The molecular formula is C28H37N5O2. The number of nitrogens with zero attached hydrogens (tertiary/aromatic N) is 3. The van der Waals surface area contributed by atoms with Crippen molar-refractivity contribution in [3.63, 3.8) is 0 Å². The molecule has 186 valence electrons. The number of amides is 1. The largest absolute Gasteiger partial charge is 0.387 e. The number of anilines is 1. The summed E-state index contributed by atoms with van der Waals surface area (Å²) in [7, 11) is 0. The van der Waals surface area contributed by atoms with Gasteiger partial charge >= 0.3 is 0 Å². The number of carbonyl (C=O) groups is 1. The molecule has 0 bridgehead atoms. The molecule has 0 aromatic heterocycles. The van der Waals surface area contributed by atoms with Crippen molar-refractivity contribution in [1.29, 1.82) is 0 Å². The summed E-state index contributed by atoms with van der Waals surface area (Å²) in [5.41, 5.74) is 10.3. The molecule has 2 heterocycles. The van der Waals surface area contributed by atoms with E-state index in [1.54, 1.807) is 6.07 Å². The monoisotopic (exact) mass is 475 g/mol. The van der Waals surface area contributed by atoms with Crippen molar-refractivity contribution in [3.8, 4) is 0 Å². The van der Waals surface area contributed by atoms with Crippen LogP contribution in [0.25, 0.3) is 6.08 Å². The number of carbonyl (C=O) groups excluding carboxylic acids is 1. The number of benzene rings is 2. The number of hydrogen-bond acceptors (Lipinski definition) is 6. The number of amidine groups is 1. The van der Waals surface area contributed by atoms with Crippen LogP contribution in [0.5, 0.6) is 0 Å². The topological polar surface area (TPSA) is 94.2 Å². The van der Waals surface area contributed by atoms with Gasteiger partial charge in [-0.1, -0.05) is 38.1 Å². The summed E-state index contributed by atoms with van der Waals surface area (Å²) in [5.74, 6) is 0.334. The summed E-state index contributed by atoms with van der Waals surface area (Å²) < 4.78 is 0. The Balaban J connectivity index is 1.47. The number of aliphatic imine (C=N–C) groups is 1. The van der Waals surface area contributed by atoms with E-state index >= 15 is 0 Å². The number of aliphatic hydroxyl groups excluding tert-OH is 1. The lowest BCUT2D eigenvalue weighted by atomic mass is 10.0. The van der Waals surface area contributed by atoms with Gasteiger partial charge in [-0.05, 0) is 55.2 Å². The predicted molar refractivity (Wildman–Crippen MR) is 143 cm³/mol. The van der Waals surface area contributed by atoms with Crippen molar-refractivity contribution in [3.05, 3.63) is 65.2 Å². The van der Waals surface area contributed by atoms with Crippen LogP contribution in [0.4, 0.5) is 11.4 Å². The van der Waals surface area contributed by atoms with E-state index in [4.69, 9.17) is 5.73 Å². The van der Waals surface area contributed by atoms with Gasteiger partial charge in [-0.15, -0.1) is 0 Å². The highest BCUT2D eigenvalue weighted by Gasteiger charge is 2.25. The first-order chi connectivity index (χ1) is 17.0. The van der Waals surface area contributed by atoms with Gasteiger partial charge in [-0.25, -0.2) is 4.99 Å². The Morgan fingerprint density at radius 3 is 2.66 bits per heavy atom. The Bertz CT molecular complexity index is 1080. The first kappa shape index (κ1) is 24.9. The summed E-state index contributed by atoms with van der Waals surface area (Å²) in [6.45, 7) is 7.57. The number of nitrogens with two attached hydrogens (primary N) is 1. The maximum atomic E-state index is 13.0. The maximum absolute atomic E-state index is 13.0. The normalized spacial score (nSPS) is 18.5. The van der Waals surface area contributed by atoms with E-state index in [1.807, 2.05) is 36.4 Å². The molecule has 4 rings (SSSR count). The molecule has 4 N–H and O–H groups in total. The fourth-order valence-corrected chi connectivity index (χ4v) is 4.91. The van der Waals surface area contributed by atoms with Crippen LogP contribution in [0.15, 0.2) is 59.1 Å². The van der Waals surface area contributed by atoms with E-state index in [-0.39, 0.29) is 11.9 Å². The molecule has 7 nitrogen and oxygen atoms in total. The quantitative estimate of drug-likeness (QED) is 0.478. The first-order valence-corrected chi connectivity index (χ1v) is 12.7. The van der Waals surface area contributed by atoms with Gasteiger partial charge in [0.2, 0.25) is 0 Å². The zero-order chi connectivity index (χ0) is 24.8. The average Bonchev–Trinajstić information content (AvgIpc) is 3.25. The van der Waals surface area contributed by atoms with Gasteiger partial charge in [0.15, 0.2) is 0 Å². The minimum absolute atomic E-state index is 0.0971. The molecule has 2 aliphatic heterocycles. The van der Waals surface area contributed by atoms with Crippen molar-refractivity contribution >= 4 is 29.2 Å². The van der Waals surface area contributed by atoms with Crippen LogP contribution < -0.4 is 16.0 Å². The first-order valence-electron chi connectivity index (χ1n) is 12.7. The number of nitrogens with one attached hydrogen (secondary N) is 1. The minimum atomic E-state index is -0.701. The Morgan fingerprint density at radius 2 is 1.94 bits per heavy atom. The average molecular weight is 476 g/mol. The molecule has 1 fully saturated rings. The SMILES string of the molecule is CCCN(CCC)C(O)C1=Cc2ccc(C(=O)N[C@H]3CCN(c4ccccc4)C3)cc2N=C(N)C1. The summed E-state index contributed by atoms with van der Waals surface area (Å²) in [5, 5.41) is 14.2. The summed E-state index contributed by atoms with van der Waals surface area (Å²) >= 11 is 0. The third kappa shape index (κ3) is 6.10. The van der Waals surface area contributed by atoms with E-state index in [0.29, 0.717) is 23.5 Å². The van der Waals surface area contributed by atoms with E-state index in [0.717, 1.165) is 56.6 Å². The van der Waals surface area contributed by atoms with Crippen LogP contribution in [-0.2, 0) is 0 Å². The Labute approximate surface area is 208 Å². The lowest BCUT2D eigenvalue weighted by Gasteiger charge is -2.28. The van der Waals surface area contributed by atoms with Gasteiger partial charge in [0.05, 0.1) is 5.69 Å². The number of rotatable bonds is 9. The molecule has 35 heavy (non-hydrogen) atoms. The molecule has 0 spiro atoms. The van der Waals surface area contributed by atoms with Gasteiger partial charge in [0.1, 0.15) is 12.1 Å². The molecule has 2 atom stereocenters. The van der Waals surface area contributed by atoms with E-state index < -0.39 is 6.23 Å². The van der Waals surface area contributed by atoms with Gasteiger partial charge in [0, 0.05) is 55.5 Å². The van der Waals surface area contributed by atoms with Gasteiger partial charge in [0.25, 0.3) is 5.91 Å². The van der Waals surface area contributed by atoms with E-state index in [2.05, 4.69) is 46.1 Å². The maximum Gasteiger partial charge on any atom is 0.251 e. The number of hydrogen-bond donors (Lipinski definition) is 3. The zero-order valence-corrected chi connectivity index (χ0v) is 20.8. The Hall–Kier alpha value is -3.16. The molecule has 0 radical (unpaired) electrons. The van der Waals surface area contributed by atoms with E-state index in [9.17, 15) is 9.90 Å². The van der Waals surface area contributed by atoms with Gasteiger partial charge in [-0.2, -0.15) is 0 Å². The Morgan fingerprint density at radius 1 is 1.20 bits per heavy atom. The summed E-state index contributed by atoms with van der Waals surface area (Å²) in [6.07, 6.45) is 4.51. The summed E-state index contributed by atoms with van der Waals surface area (Å²) in [6, 6.07) is 15.9. The van der Waals surface area contributed by atoms with Crippen molar-refractivity contribution in [2.24, 2.45) is 10.7 Å². The van der Waals surface area contributed by atoms with Crippen LogP contribution >= 0.6 is 0 Å². The molecule has 0 aliphatic carbocycles. The Kier molecular flexibility index (Phi) is 8.21. The number of fused-ring (bicyclic) bond motifs is 1.